The average Bonchev–Trinajstić information content (AvgIpc) is 2.30. The highest BCUT2D eigenvalue weighted by molar-refractivity contribution is 5.29. The third-order valence-corrected chi connectivity index (χ3v) is 2.76. The summed E-state index contributed by atoms with van der Waals surface area (Å²) in [6.07, 6.45) is 1.80. The molecule has 0 radical (unpaired) electrons. The Bertz CT molecular complexity index is 330. The third-order valence-electron chi connectivity index (χ3n) is 2.76. The molecule has 1 aliphatic rings. The Balaban J connectivity index is 2.00. The van der Waals surface area contributed by atoms with E-state index in [9.17, 15) is 5.11 Å². The Kier molecular flexibility index (Phi) is 3.80. The highest BCUT2D eigenvalue weighted by Gasteiger charge is 2.15. The van der Waals surface area contributed by atoms with Gasteiger partial charge in [0.1, 0.15) is 11.9 Å². The van der Waals surface area contributed by atoms with Crippen molar-refractivity contribution in [1.82, 2.24) is 0 Å². The smallest absolute Gasteiger partial charge is 0.122 e. The summed E-state index contributed by atoms with van der Waals surface area (Å²) in [4.78, 5) is 0. The largest absolute Gasteiger partial charge is 0.488 e. The van der Waals surface area contributed by atoms with E-state index in [1.165, 1.54) is 0 Å². The maximum Gasteiger partial charge on any atom is 0.122 e. The van der Waals surface area contributed by atoms with Crippen molar-refractivity contribution < 1.29 is 14.6 Å². The maximum atomic E-state index is 9.47. The standard InChI is InChI=1S/C13H18O3/c1-10(14)11-4-2-5-12(8-11)16-13-6-3-7-15-9-13/h2,4-5,8,10,13-14H,3,6-7,9H2,1H3/t10-,13?/m0/s1. The Morgan fingerprint density at radius 2 is 2.38 bits per heavy atom. The summed E-state index contributed by atoms with van der Waals surface area (Å²) in [6, 6.07) is 7.61. The predicted octanol–water partition coefficient (Wildman–Crippen LogP) is 2.30. The molecule has 1 saturated heterocycles. The summed E-state index contributed by atoms with van der Waals surface area (Å²) < 4.78 is 11.2. The highest BCUT2D eigenvalue weighted by atomic mass is 16.5. The van der Waals surface area contributed by atoms with Crippen molar-refractivity contribution in [3.05, 3.63) is 29.8 Å². The number of benzene rings is 1. The fourth-order valence-electron chi connectivity index (χ4n) is 1.84. The van der Waals surface area contributed by atoms with Crippen LogP contribution < -0.4 is 4.74 Å². The van der Waals surface area contributed by atoms with E-state index in [2.05, 4.69) is 0 Å². The first-order chi connectivity index (χ1) is 7.75. The van der Waals surface area contributed by atoms with Crippen LogP contribution in [0.25, 0.3) is 0 Å². The number of aliphatic hydroxyl groups is 1. The number of hydrogen-bond acceptors (Lipinski definition) is 3. The summed E-state index contributed by atoms with van der Waals surface area (Å²) in [6.45, 7) is 3.26. The van der Waals surface area contributed by atoms with E-state index in [-0.39, 0.29) is 6.10 Å². The van der Waals surface area contributed by atoms with Gasteiger partial charge >= 0.3 is 0 Å². The SMILES string of the molecule is C[C@H](O)c1cccc(OC2CCCOC2)c1. The van der Waals surface area contributed by atoms with Crippen LogP contribution in [0, 0.1) is 0 Å². The zero-order valence-electron chi connectivity index (χ0n) is 9.56. The van der Waals surface area contributed by atoms with Gasteiger partial charge in [-0.2, -0.15) is 0 Å². The van der Waals surface area contributed by atoms with Crippen LogP contribution in [-0.4, -0.2) is 24.4 Å². The molecule has 88 valence electrons. The molecule has 0 amide bonds. The van der Waals surface area contributed by atoms with Crippen LogP contribution in [0.2, 0.25) is 0 Å². The first-order valence-corrected chi connectivity index (χ1v) is 5.78. The van der Waals surface area contributed by atoms with Crippen LogP contribution in [0.5, 0.6) is 5.75 Å². The monoisotopic (exact) mass is 222 g/mol. The number of ether oxygens (including phenoxy) is 2. The minimum absolute atomic E-state index is 0.151. The van der Waals surface area contributed by atoms with Crippen LogP contribution in [0.15, 0.2) is 24.3 Å². The average molecular weight is 222 g/mol. The van der Waals surface area contributed by atoms with Crippen LogP contribution >= 0.6 is 0 Å². The van der Waals surface area contributed by atoms with Gasteiger partial charge in [0.2, 0.25) is 0 Å². The third kappa shape index (κ3) is 2.97. The second kappa shape index (κ2) is 5.32. The van der Waals surface area contributed by atoms with Gasteiger partial charge in [0.05, 0.1) is 12.7 Å². The molecular weight excluding hydrogens is 204 g/mol. The molecule has 1 unspecified atom stereocenters. The summed E-state index contributed by atoms with van der Waals surface area (Å²) in [5.41, 5.74) is 0.884. The van der Waals surface area contributed by atoms with Gasteiger partial charge in [-0.05, 0) is 37.5 Å². The van der Waals surface area contributed by atoms with E-state index in [0.29, 0.717) is 6.61 Å². The van der Waals surface area contributed by atoms with Crippen LogP contribution in [-0.2, 0) is 4.74 Å². The van der Waals surface area contributed by atoms with Crippen molar-refractivity contribution in [2.45, 2.75) is 32.0 Å². The summed E-state index contributed by atoms with van der Waals surface area (Å²) >= 11 is 0. The first-order valence-electron chi connectivity index (χ1n) is 5.78. The normalized spacial score (nSPS) is 22.8. The fraction of sp³-hybridized carbons (Fsp3) is 0.538. The van der Waals surface area contributed by atoms with Gasteiger partial charge in [-0.1, -0.05) is 12.1 Å². The summed E-state index contributed by atoms with van der Waals surface area (Å²) in [5.74, 6) is 0.814. The topological polar surface area (TPSA) is 38.7 Å². The molecule has 0 spiro atoms. The molecule has 1 aliphatic heterocycles. The summed E-state index contributed by atoms with van der Waals surface area (Å²) in [5, 5.41) is 9.47. The van der Waals surface area contributed by atoms with Gasteiger partial charge in [0.15, 0.2) is 0 Å². The zero-order valence-corrected chi connectivity index (χ0v) is 9.56. The molecule has 1 aromatic carbocycles. The van der Waals surface area contributed by atoms with E-state index < -0.39 is 6.10 Å². The van der Waals surface area contributed by atoms with Crippen LogP contribution in [0.1, 0.15) is 31.4 Å². The molecule has 0 aromatic heterocycles. The molecule has 0 bridgehead atoms. The quantitative estimate of drug-likeness (QED) is 0.852. The van der Waals surface area contributed by atoms with Gasteiger partial charge in [-0.3, -0.25) is 0 Å². The van der Waals surface area contributed by atoms with Crippen molar-refractivity contribution in [1.29, 1.82) is 0 Å². The lowest BCUT2D eigenvalue weighted by atomic mass is 10.1. The van der Waals surface area contributed by atoms with Gasteiger partial charge in [0.25, 0.3) is 0 Å². The maximum absolute atomic E-state index is 9.47. The Hall–Kier alpha value is -1.06. The molecule has 2 rings (SSSR count). The molecule has 1 fully saturated rings. The minimum Gasteiger partial charge on any atom is -0.488 e. The highest BCUT2D eigenvalue weighted by Crippen LogP contribution is 2.21. The first kappa shape index (κ1) is 11.4. The second-order valence-electron chi connectivity index (χ2n) is 4.21. The zero-order chi connectivity index (χ0) is 11.4. The van der Waals surface area contributed by atoms with Crippen LogP contribution in [0.3, 0.4) is 0 Å². The Morgan fingerprint density at radius 1 is 1.50 bits per heavy atom. The van der Waals surface area contributed by atoms with E-state index in [1.54, 1.807) is 6.92 Å². The van der Waals surface area contributed by atoms with Crippen molar-refractivity contribution >= 4 is 0 Å². The molecule has 3 heteroatoms. The summed E-state index contributed by atoms with van der Waals surface area (Å²) in [7, 11) is 0. The van der Waals surface area contributed by atoms with E-state index in [4.69, 9.17) is 9.47 Å². The molecular formula is C13H18O3. The van der Waals surface area contributed by atoms with Gasteiger partial charge in [-0.15, -0.1) is 0 Å². The lowest BCUT2D eigenvalue weighted by Gasteiger charge is -2.23. The number of hydrogen-bond donors (Lipinski definition) is 1. The van der Waals surface area contributed by atoms with Crippen LogP contribution in [0.4, 0.5) is 0 Å². The second-order valence-corrected chi connectivity index (χ2v) is 4.21. The number of aliphatic hydroxyl groups excluding tert-OH is 1. The van der Waals surface area contributed by atoms with Crippen molar-refractivity contribution in [2.75, 3.05) is 13.2 Å². The lowest BCUT2D eigenvalue weighted by molar-refractivity contribution is 0.00733. The molecule has 2 atom stereocenters. The van der Waals surface area contributed by atoms with E-state index in [1.807, 2.05) is 24.3 Å². The predicted molar refractivity (Wildman–Crippen MR) is 61.5 cm³/mol. The van der Waals surface area contributed by atoms with Gasteiger partial charge in [-0.25, -0.2) is 0 Å². The molecule has 3 nitrogen and oxygen atoms in total. The molecule has 0 aliphatic carbocycles. The minimum atomic E-state index is -0.453. The molecule has 16 heavy (non-hydrogen) atoms. The van der Waals surface area contributed by atoms with Crippen molar-refractivity contribution in [2.24, 2.45) is 0 Å². The molecule has 1 aromatic rings. The molecule has 1 heterocycles. The Labute approximate surface area is 96.0 Å². The van der Waals surface area contributed by atoms with E-state index in [0.717, 1.165) is 30.8 Å². The lowest BCUT2D eigenvalue weighted by Crippen LogP contribution is -2.28. The molecule has 1 N–H and O–H groups in total. The van der Waals surface area contributed by atoms with Gasteiger partial charge < -0.3 is 14.6 Å². The number of rotatable bonds is 3. The van der Waals surface area contributed by atoms with Crippen molar-refractivity contribution in [3.8, 4) is 5.75 Å². The molecule has 0 saturated carbocycles. The van der Waals surface area contributed by atoms with E-state index >= 15 is 0 Å². The Morgan fingerprint density at radius 3 is 3.06 bits per heavy atom. The van der Waals surface area contributed by atoms with Crippen molar-refractivity contribution in [3.63, 3.8) is 0 Å². The fourth-order valence-corrected chi connectivity index (χ4v) is 1.84. The van der Waals surface area contributed by atoms with Gasteiger partial charge in [0, 0.05) is 6.61 Å².